The van der Waals surface area contributed by atoms with Crippen LogP contribution in [0.5, 0.6) is 0 Å². The molecule has 6 nitrogen and oxygen atoms in total. The first-order valence-electron chi connectivity index (χ1n) is 9.91. The Labute approximate surface area is 172 Å². The second kappa shape index (κ2) is 8.10. The van der Waals surface area contributed by atoms with Gasteiger partial charge in [0, 0.05) is 6.54 Å². The molecule has 0 atom stereocenters. The van der Waals surface area contributed by atoms with Crippen LogP contribution in [0.4, 0.5) is 4.39 Å². The fourth-order valence-corrected chi connectivity index (χ4v) is 3.59. The number of aromatic nitrogens is 4. The van der Waals surface area contributed by atoms with Crippen molar-refractivity contribution < 1.29 is 4.39 Å². The molecule has 0 bridgehead atoms. The zero-order valence-electron chi connectivity index (χ0n) is 17.0. The summed E-state index contributed by atoms with van der Waals surface area (Å²) in [6.07, 6.45) is 1.62. The van der Waals surface area contributed by atoms with Gasteiger partial charge in [-0.15, -0.1) is 0 Å². The Morgan fingerprint density at radius 3 is 2.20 bits per heavy atom. The van der Waals surface area contributed by atoms with E-state index >= 15 is 0 Å². The van der Waals surface area contributed by atoms with Gasteiger partial charge in [0.2, 0.25) is 0 Å². The standard InChI is InChI=1S/C23H23FN4O2/c1-16(2)12-26-15-25-21-20(26)22(29)28(14-18-8-10-19(24)11-9-18)23(30)27(21)13-17-6-4-3-5-7-17/h3-11,15-16H,12-14H2,1-2H3. The Bertz CT molecular complexity index is 1290. The van der Waals surface area contributed by atoms with Crippen LogP contribution in [0.2, 0.25) is 0 Å². The second-order valence-corrected chi connectivity index (χ2v) is 7.84. The number of rotatable bonds is 6. The number of imidazole rings is 1. The van der Waals surface area contributed by atoms with Gasteiger partial charge in [0.05, 0.1) is 19.4 Å². The maximum Gasteiger partial charge on any atom is 0.333 e. The van der Waals surface area contributed by atoms with Crippen LogP contribution in [-0.4, -0.2) is 18.7 Å². The summed E-state index contributed by atoms with van der Waals surface area (Å²) in [5.41, 5.74) is 1.57. The van der Waals surface area contributed by atoms with E-state index in [4.69, 9.17) is 0 Å². The zero-order valence-corrected chi connectivity index (χ0v) is 17.0. The van der Waals surface area contributed by atoms with Gasteiger partial charge in [0.15, 0.2) is 11.2 Å². The molecule has 0 unspecified atom stereocenters. The molecule has 30 heavy (non-hydrogen) atoms. The van der Waals surface area contributed by atoms with Crippen LogP contribution in [0.1, 0.15) is 25.0 Å². The van der Waals surface area contributed by atoms with Gasteiger partial charge in [-0.3, -0.25) is 13.9 Å². The molecular weight excluding hydrogens is 383 g/mol. The van der Waals surface area contributed by atoms with E-state index in [1.165, 1.54) is 21.3 Å². The Morgan fingerprint density at radius 2 is 1.53 bits per heavy atom. The lowest BCUT2D eigenvalue weighted by Gasteiger charge is -2.13. The molecule has 0 fully saturated rings. The summed E-state index contributed by atoms with van der Waals surface area (Å²) in [6.45, 7) is 5.10. The number of hydrogen-bond donors (Lipinski definition) is 0. The highest BCUT2D eigenvalue weighted by molar-refractivity contribution is 5.70. The van der Waals surface area contributed by atoms with Crippen molar-refractivity contribution in [1.29, 1.82) is 0 Å². The third-order valence-corrected chi connectivity index (χ3v) is 4.98. The molecule has 2 aromatic carbocycles. The van der Waals surface area contributed by atoms with E-state index in [1.54, 1.807) is 18.5 Å². The van der Waals surface area contributed by atoms with Gasteiger partial charge in [0.1, 0.15) is 5.82 Å². The molecule has 0 N–H and O–H groups in total. The minimum Gasteiger partial charge on any atom is -0.324 e. The smallest absolute Gasteiger partial charge is 0.324 e. The normalized spacial score (nSPS) is 11.5. The molecule has 2 heterocycles. The first-order chi connectivity index (χ1) is 14.4. The zero-order chi connectivity index (χ0) is 21.3. The number of fused-ring (bicyclic) bond motifs is 1. The van der Waals surface area contributed by atoms with Crippen LogP contribution in [-0.2, 0) is 19.6 Å². The summed E-state index contributed by atoms with van der Waals surface area (Å²) in [7, 11) is 0. The van der Waals surface area contributed by atoms with Crippen molar-refractivity contribution >= 4 is 11.2 Å². The van der Waals surface area contributed by atoms with Crippen LogP contribution < -0.4 is 11.2 Å². The molecule has 2 aromatic heterocycles. The number of halogens is 1. The van der Waals surface area contributed by atoms with Crippen molar-refractivity contribution in [3.63, 3.8) is 0 Å². The van der Waals surface area contributed by atoms with Crippen molar-refractivity contribution in [2.24, 2.45) is 5.92 Å². The molecular formula is C23H23FN4O2. The maximum atomic E-state index is 13.3. The molecule has 0 saturated heterocycles. The molecule has 4 aromatic rings. The minimum absolute atomic E-state index is 0.0650. The Morgan fingerprint density at radius 1 is 0.900 bits per heavy atom. The molecule has 0 aliphatic heterocycles. The summed E-state index contributed by atoms with van der Waals surface area (Å²) in [5, 5.41) is 0. The maximum absolute atomic E-state index is 13.3. The lowest BCUT2D eigenvalue weighted by atomic mass is 10.2. The van der Waals surface area contributed by atoms with Crippen molar-refractivity contribution in [1.82, 2.24) is 18.7 Å². The third-order valence-electron chi connectivity index (χ3n) is 4.98. The fourth-order valence-electron chi connectivity index (χ4n) is 3.59. The van der Waals surface area contributed by atoms with Crippen molar-refractivity contribution in [3.05, 3.63) is 98.7 Å². The quantitative estimate of drug-likeness (QED) is 0.494. The number of nitrogens with zero attached hydrogens (tertiary/aromatic N) is 4. The second-order valence-electron chi connectivity index (χ2n) is 7.84. The van der Waals surface area contributed by atoms with Gasteiger partial charge in [-0.2, -0.15) is 0 Å². The van der Waals surface area contributed by atoms with Crippen LogP contribution in [0.15, 0.2) is 70.5 Å². The summed E-state index contributed by atoms with van der Waals surface area (Å²) in [4.78, 5) is 31.0. The molecule has 7 heteroatoms. The Kier molecular flexibility index (Phi) is 5.35. The van der Waals surface area contributed by atoms with Crippen molar-refractivity contribution in [2.45, 2.75) is 33.5 Å². The lowest BCUT2D eigenvalue weighted by Crippen LogP contribution is -2.41. The predicted molar refractivity (Wildman–Crippen MR) is 114 cm³/mol. The highest BCUT2D eigenvalue weighted by atomic mass is 19.1. The van der Waals surface area contributed by atoms with Crippen molar-refractivity contribution in [2.75, 3.05) is 0 Å². The molecule has 0 spiro atoms. The predicted octanol–water partition coefficient (Wildman–Crippen LogP) is 3.25. The third kappa shape index (κ3) is 3.83. The van der Waals surface area contributed by atoms with E-state index in [2.05, 4.69) is 18.8 Å². The molecule has 154 valence electrons. The Hall–Kier alpha value is -3.48. The topological polar surface area (TPSA) is 61.8 Å². The fraction of sp³-hybridized carbons (Fsp3) is 0.261. The SMILES string of the molecule is CC(C)Cn1cnc2c1c(=O)n(Cc1ccc(F)cc1)c(=O)n2Cc1ccccc1. The van der Waals surface area contributed by atoms with Gasteiger partial charge in [0.25, 0.3) is 5.56 Å². The van der Waals surface area contributed by atoms with Gasteiger partial charge >= 0.3 is 5.69 Å². The van der Waals surface area contributed by atoms with Crippen LogP contribution in [0.3, 0.4) is 0 Å². The summed E-state index contributed by atoms with van der Waals surface area (Å²) < 4.78 is 17.8. The van der Waals surface area contributed by atoms with Gasteiger partial charge in [-0.25, -0.2) is 14.2 Å². The highest BCUT2D eigenvalue weighted by Crippen LogP contribution is 2.12. The van der Waals surface area contributed by atoms with E-state index in [1.807, 2.05) is 34.9 Å². The highest BCUT2D eigenvalue weighted by Gasteiger charge is 2.19. The average molecular weight is 406 g/mol. The molecule has 0 aliphatic carbocycles. The molecule has 4 rings (SSSR count). The van der Waals surface area contributed by atoms with E-state index in [9.17, 15) is 14.0 Å². The first kappa shape index (κ1) is 19.8. The van der Waals surface area contributed by atoms with Gasteiger partial charge in [-0.05, 0) is 29.2 Å². The van der Waals surface area contributed by atoms with E-state index in [-0.39, 0.29) is 17.9 Å². The number of hydrogen-bond acceptors (Lipinski definition) is 3. The van der Waals surface area contributed by atoms with E-state index < -0.39 is 5.69 Å². The van der Waals surface area contributed by atoms with E-state index in [0.717, 1.165) is 5.56 Å². The number of benzene rings is 2. The largest absolute Gasteiger partial charge is 0.333 e. The summed E-state index contributed by atoms with van der Waals surface area (Å²) in [6, 6.07) is 15.4. The minimum atomic E-state index is -0.435. The summed E-state index contributed by atoms with van der Waals surface area (Å²) >= 11 is 0. The van der Waals surface area contributed by atoms with Crippen LogP contribution in [0, 0.1) is 11.7 Å². The first-order valence-corrected chi connectivity index (χ1v) is 9.91. The Balaban J connectivity index is 1.92. The lowest BCUT2D eigenvalue weighted by molar-refractivity contribution is 0.529. The summed E-state index contributed by atoms with van der Waals surface area (Å²) in [5.74, 6) is -0.0557. The molecule has 0 radical (unpaired) electrons. The van der Waals surface area contributed by atoms with Crippen LogP contribution >= 0.6 is 0 Å². The van der Waals surface area contributed by atoms with Gasteiger partial charge in [-0.1, -0.05) is 56.3 Å². The van der Waals surface area contributed by atoms with Crippen LogP contribution in [0.25, 0.3) is 11.2 Å². The average Bonchev–Trinajstić information content (AvgIpc) is 3.13. The molecule has 0 amide bonds. The van der Waals surface area contributed by atoms with Gasteiger partial charge < -0.3 is 4.57 Å². The van der Waals surface area contributed by atoms with E-state index in [0.29, 0.717) is 35.7 Å². The molecule has 0 aliphatic rings. The van der Waals surface area contributed by atoms with Crippen molar-refractivity contribution in [3.8, 4) is 0 Å². The molecule has 0 saturated carbocycles. The monoisotopic (exact) mass is 406 g/mol.